The van der Waals surface area contributed by atoms with Gasteiger partial charge in [-0.3, -0.25) is 0 Å². The van der Waals surface area contributed by atoms with Crippen molar-refractivity contribution < 1.29 is 0 Å². The molecule has 1 aliphatic heterocycles. The summed E-state index contributed by atoms with van der Waals surface area (Å²) in [6, 6.07) is 23.8. The van der Waals surface area contributed by atoms with Crippen LogP contribution in [0.2, 0.25) is 18.1 Å². The van der Waals surface area contributed by atoms with Crippen LogP contribution < -0.4 is 0 Å². The fourth-order valence-electron chi connectivity index (χ4n) is 6.32. The molecule has 2 aromatic rings. The summed E-state index contributed by atoms with van der Waals surface area (Å²) < 4.78 is 0. The molecule has 2 aromatic carbocycles. The van der Waals surface area contributed by atoms with E-state index in [-0.39, 0.29) is 8.80 Å². The van der Waals surface area contributed by atoms with Crippen molar-refractivity contribution in [3.8, 4) is 11.1 Å². The van der Waals surface area contributed by atoms with Gasteiger partial charge in [0.05, 0.1) is 0 Å². The number of hydrogen-bond donors (Lipinski definition) is 0. The van der Waals surface area contributed by atoms with Gasteiger partial charge in [-0.15, -0.1) is 0 Å². The number of unbranched alkanes of at least 4 members (excludes halogenated alkanes) is 2. The molecule has 0 spiro atoms. The fraction of sp³-hybridized carbons (Fsp3) is 0.613. The lowest BCUT2D eigenvalue weighted by atomic mass is 9.77. The third-order valence-corrected chi connectivity index (χ3v) is 11.5. The Bertz CT molecular complexity index is 774. The zero-order valence-electron chi connectivity index (χ0n) is 20.8. The predicted molar refractivity (Wildman–Crippen MR) is 143 cm³/mol. The number of benzene rings is 2. The van der Waals surface area contributed by atoms with E-state index < -0.39 is 0 Å². The van der Waals surface area contributed by atoms with Gasteiger partial charge in [0, 0.05) is 8.80 Å². The first-order chi connectivity index (χ1) is 15.8. The molecule has 1 saturated heterocycles. The Balaban J connectivity index is 1.29. The van der Waals surface area contributed by atoms with Crippen LogP contribution in [0.3, 0.4) is 0 Å². The molecule has 1 saturated carbocycles. The van der Waals surface area contributed by atoms with Crippen molar-refractivity contribution in [2.75, 3.05) is 0 Å². The van der Waals surface area contributed by atoms with Gasteiger partial charge in [0.25, 0.3) is 0 Å². The Labute approximate surface area is 199 Å². The molecule has 4 rings (SSSR count). The standard InChI is InChI=1S/C31H45Si/c1-3-5-6-22-32-23-20-31(21-24-32)30-18-16-29(17-19-30)28-14-12-27(13-15-28)26-10-8-25(7-4-2)9-11-26/h12-19,25-26,31H,3-11,20-24H2,1-2H3. The molecule has 1 heterocycles. The van der Waals surface area contributed by atoms with Gasteiger partial charge in [-0.1, -0.05) is 113 Å². The maximum atomic E-state index is 2.43. The minimum absolute atomic E-state index is 0.0301. The van der Waals surface area contributed by atoms with E-state index in [1.54, 1.807) is 29.3 Å². The Morgan fingerprint density at radius 2 is 1.16 bits per heavy atom. The highest BCUT2D eigenvalue weighted by molar-refractivity contribution is 6.59. The Morgan fingerprint density at radius 1 is 0.625 bits per heavy atom. The second-order valence-corrected chi connectivity index (χ2v) is 13.7. The zero-order valence-corrected chi connectivity index (χ0v) is 21.8. The van der Waals surface area contributed by atoms with E-state index in [4.69, 9.17) is 0 Å². The molecule has 0 aromatic heterocycles. The molecular formula is C31H45Si. The summed E-state index contributed by atoms with van der Waals surface area (Å²) in [6.07, 6.45) is 15.6. The van der Waals surface area contributed by atoms with Gasteiger partial charge in [0.2, 0.25) is 0 Å². The van der Waals surface area contributed by atoms with Gasteiger partial charge in [0.1, 0.15) is 0 Å². The quantitative estimate of drug-likeness (QED) is 0.266. The van der Waals surface area contributed by atoms with Crippen molar-refractivity contribution in [3.63, 3.8) is 0 Å². The van der Waals surface area contributed by atoms with Crippen LogP contribution in [0.15, 0.2) is 48.5 Å². The summed E-state index contributed by atoms with van der Waals surface area (Å²) in [5.74, 6) is 2.60. The van der Waals surface area contributed by atoms with Crippen molar-refractivity contribution in [1.82, 2.24) is 0 Å². The van der Waals surface area contributed by atoms with Crippen LogP contribution in [0.5, 0.6) is 0 Å². The van der Waals surface area contributed by atoms with Crippen LogP contribution in [0.25, 0.3) is 11.1 Å². The van der Waals surface area contributed by atoms with Crippen LogP contribution in [0.4, 0.5) is 0 Å². The fourth-order valence-corrected chi connectivity index (χ4v) is 9.34. The second kappa shape index (κ2) is 12.2. The average molecular weight is 446 g/mol. The number of rotatable bonds is 9. The lowest BCUT2D eigenvalue weighted by molar-refractivity contribution is 0.308. The molecular weight excluding hydrogens is 400 g/mol. The van der Waals surface area contributed by atoms with Crippen LogP contribution in [-0.4, -0.2) is 8.80 Å². The molecule has 2 fully saturated rings. The molecule has 0 nitrogen and oxygen atoms in total. The summed E-state index contributed by atoms with van der Waals surface area (Å²) >= 11 is 0. The third kappa shape index (κ3) is 6.37. The summed E-state index contributed by atoms with van der Waals surface area (Å²) in [4.78, 5) is 0. The first-order valence-corrected chi connectivity index (χ1v) is 15.9. The van der Waals surface area contributed by atoms with E-state index in [0.717, 1.165) is 17.8 Å². The average Bonchev–Trinajstić information content (AvgIpc) is 2.86. The van der Waals surface area contributed by atoms with E-state index in [1.165, 1.54) is 81.8 Å². The van der Waals surface area contributed by atoms with Gasteiger partial charge < -0.3 is 0 Å². The molecule has 0 bridgehead atoms. The van der Waals surface area contributed by atoms with Crippen molar-refractivity contribution >= 4 is 8.80 Å². The topological polar surface area (TPSA) is 0 Å². The van der Waals surface area contributed by atoms with Gasteiger partial charge in [-0.25, -0.2) is 0 Å². The van der Waals surface area contributed by atoms with Crippen molar-refractivity contribution in [3.05, 3.63) is 59.7 Å². The summed E-state index contributed by atoms with van der Waals surface area (Å²) in [5, 5.41) is 0. The van der Waals surface area contributed by atoms with E-state index in [0.29, 0.717) is 0 Å². The largest absolute Gasteiger partial charge is 0.0654 e. The smallest absolute Gasteiger partial charge is 0.0479 e. The summed E-state index contributed by atoms with van der Waals surface area (Å²) in [6.45, 7) is 4.66. The van der Waals surface area contributed by atoms with Gasteiger partial charge >= 0.3 is 0 Å². The second-order valence-electron chi connectivity index (χ2n) is 10.7. The van der Waals surface area contributed by atoms with Gasteiger partial charge in [-0.2, -0.15) is 0 Å². The first kappa shape index (κ1) is 23.8. The lowest BCUT2D eigenvalue weighted by Gasteiger charge is -2.28. The molecule has 173 valence electrons. The molecule has 2 aliphatic rings. The maximum absolute atomic E-state index is 2.43. The molecule has 32 heavy (non-hydrogen) atoms. The minimum Gasteiger partial charge on any atom is -0.0654 e. The Hall–Kier alpha value is -1.34. The van der Waals surface area contributed by atoms with Crippen molar-refractivity contribution in [2.45, 2.75) is 114 Å². The van der Waals surface area contributed by atoms with E-state index in [2.05, 4.69) is 62.4 Å². The molecule has 0 N–H and O–H groups in total. The highest BCUT2D eigenvalue weighted by Gasteiger charge is 2.24. The van der Waals surface area contributed by atoms with Crippen LogP contribution >= 0.6 is 0 Å². The summed E-state index contributed by atoms with van der Waals surface area (Å²) in [7, 11) is -0.0301. The SMILES string of the molecule is CCCCC[Si]1CCC(c2ccc(-c3ccc(C4CCC(CCC)CC4)cc3)cc2)CC1. The molecule has 1 heteroatoms. The van der Waals surface area contributed by atoms with Crippen LogP contribution in [-0.2, 0) is 0 Å². The Morgan fingerprint density at radius 3 is 1.66 bits per heavy atom. The van der Waals surface area contributed by atoms with Gasteiger partial charge in [0.15, 0.2) is 0 Å². The molecule has 0 unspecified atom stereocenters. The highest BCUT2D eigenvalue weighted by atomic mass is 28.3. The molecule has 1 radical (unpaired) electrons. The Kier molecular flexibility index (Phi) is 9.08. The monoisotopic (exact) mass is 445 g/mol. The lowest BCUT2D eigenvalue weighted by Crippen LogP contribution is -2.20. The van der Waals surface area contributed by atoms with E-state index >= 15 is 0 Å². The predicted octanol–water partition coefficient (Wildman–Crippen LogP) is 9.99. The molecule has 1 aliphatic carbocycles. The molecule has 0 amide bonds. The highest BCUT2D eigenvalue weighted by Crippen LogP contribution is 2.39. The van der Waals surface area contributed by atoms with Crippen LogP contribution in [0, 0.1) is 5.92 Å². The minimum atomic E-state index is -0.0301. The van der Waals surface area contributed by atoms with E-state index in [1.807, 2.05) is 0 Å². The number of hydrogen-bond acceptors (Lipinski definition) is 0. The van der Waals surface area contributed by atoms with Crippen LogP contribution in [0.1, 0.15) is 107 Å². The first-order valence-electron chi connectivity index (χ1n) is 13.8. The normalized spacial score (nSPS) is 22.8. The van der Waals surface area contributed by atoms with Crippen molar-refractivity contribution in [2.24, 2.45) is 5.92 Å². The third-order valence-electron chi connectivity index (χ3n) is 8.47. The van der Waals surface area contributed by atoms with Gasteiger partial charge in [-0.05, 0) is 78.5 Å². The maximum Gasteiger partial charge on any atom is 0.0479 e. The zero-order chi connectivity index (χ0) is 22.2. The molecule has 0 atom stereocenters. The van der Waals surface area contributed by atoms with Crippen molar-refractivity contribution in [1.29, 1.82) is 0 Å². The van der Waals surface area contributed by atoms with E-state index in [9.17, 15) is 0 Å². The summed E-state index contributed by atoms with van der Waals surface area (Å²) in [5.41, 5.74) is 5.92.